The van der Waals surface area contributed by atoms with E-state index in [-0.39, 0.29) is 12.5 Å². The van der Waals surface area contributed by atoms with Crippen molar-refractivity contribution < 1.29 is 19.7 Å². The molecular formula is C20H20O4. The average molecular weight is 324 g/mol. The topological polar surface area (TPSA) is 66.8 Å². The van der Waals surface area contributed by atoms with Crippen molar-refractivity contribution in [3.8, 4) is 11.5 Å². The summed E-state index contributed by atoms with van der Waals surface area (Å²) in [5, 5.41) is 23.1. The number of aliphatic carboxylic acids is 1. The third-order valence-corrected chi connectivity index (χ3v) is 4.23. The molecule has 0 aliphatic carbocycles. The lowest BCUT2D eigenvalue weighted by Crippen LogP contribution is -2.09. The first-order chi connectivity index (χ1) is 11.4. The SMILES string of the molecule is Cc1cc(OCC(=O)O)cc2cc3c(C(C)C)c(O)ccc3cc12. The van der Waals surface area contributed by atoms with Crippen LogP contribution in [0.3, 0.4) is 0 Å². The van der Waals surface area contributed by atoms with Crippen LogP contribution in [0.25, 0.3) is 21.5 Å². The standard InChI is InChI=1S/C20H20O4/c1-11(2)20-17-9-14-7-15(24-10-19(22)23)6-12(3)16(14)8-13(17)4-5-18(20)21/h4-9,11,21H,10H2,1-3H3,(H,22,23). The van der Waals surface area contributed by atoms with Crippen molar-refractivity contribution in [2.75, 3.05) is 6.61 Å². The molecule has 0 bridgehead atoms. The van der Waals surface area contributed by atoms with Crippen LogP contribution in [0.2, 0.25) is 0 Å². The number of fused-ring (bicyclic) bond motifs is 2. The molecule has 24 heavy (non-hydrogen) atoms. The van der Waals surface area contributed by atoms with Gasteiger partial charge in [0.1, 0.15) is 11.5 Å². The Morgan fingerprint density at radius 2 is 1.79 bits per heavy atom. The first kappa shape index (κ1) is 16.1. The molecule has 0 aliphatic heterocycles. The number of aryl methyl sites for hydroxylation is 1. The van der Waals surface area contributed by atoms with E-state index in [9.17, 15) is 9.90 Å². The van der Waals surface area contributed by atoms with Gasteiger partial charge in [-0.05, 0) is 70.3 Å². The molecule has 124 valence electrons. The number of phenolic OH excluding ortho intramolecular Hbond substituents is 1. The van der Waals surface area contributed by atoms with Gasteiger partial charge in [-0.1, -0.05) is 19.9 Å². The molecule has 0 unspecified atom stereocenters. The number of carboxylic acid groups (broad SMARTS) is 1. The Morgan fingerprint density at radius 1 is 1.08 bits per heavy atom. The summed E-state index contributed by atoms with van der Waals surface area (Å²) in [4.78, 5) is 10.7. The smallest absolute Gasteiger partial charge is 0.341 e. The predicted molar refractivity (Wildman–Crippen MR) is 95.1 cm³/mol. The number of carbonyl (C=O) groups is 1. The molecule has 0 saturated heterocycles. The number of ether oxygens (including phenoxy) is 1. The van der Waals surface area contributed by atoms with Crippen LogP contribution in [0.15, 0.2) is 36.4 Å². The highest BCUT2D eigenvalue weighted by Gasteiger charge is 2.13. The van der Waals surface area contributed by atoms with Crippen molar-refractivity contribution >= 4 is 27.5 Å². The summed E-state index contributed by atoms with van der Waals surface area (Å²) in [5.74, 6) is 0.0248. The molecule has 0 heterocycles. The number of benzene rings is 3. The van der Waals surface area contributed by atoms with E-state index in [1.807, 2.05) is 31.2 Å². The molecule has 3 aromatic rings. The summed E-state index contributed by atoms with van der Waals surface area (Å²) in [6, 6.07) is 11.5. The highest BCUT2D eigenvalue weighted by Crippen LogP contribution is 2.37. The van der Waals surface area contributed by atoms with Crippen LogP contribution in [0, 0.1) is 6.92 Å². The highest BCUT2D eigenvalue weighted by molar-refractivity contribution is 6.02. The second-order valence-corrected chi connectivity index (χ2v) is 6.37. The second kappa shape index (κ2) is 6.04. The van der Waals surface area contributed by atoms with E-state index in [0.717, 1.165) is 32.7 Å². The molecule has 2 N–H and O–H groups in total. The maximum Gasteiger partial charge on any atom is 0.341 e. The van der Waals surface area contributed by atoms with E-state index in [1.165, 1.54) is 0 Å². The lowest BCUT2D eigenvalue weighted by Gasteiger charge is -2.15. The van der Waals surface area contributed by atoms with Gasteiger partial charge in [0, 0.05) is 5.56 Å². The van der Waals surface area contributed by atoms with Crippen LogP contribution in [0.1, 0.15) is 30.9 Å². The molecule has 0 radical (unpaired) electrons. The molecule has 0 atom stereocenters. The Morgan fingerprint density at radius 3 is 2.46 bits per heavy atom. The fraction of sp³-hybridized carbons (Fsp3) is 0.250. The number of carboxylic acids is 1. The number of aromatic hydroxyl groups is 1. The summed E-state index contributed by atoms with van der Waals surface area (Å²) in [6.45, 7) is 5.72. The largest absolute Gasteiger partial charge is 0.508 e. The minimum atomic E-state index is -1.00. The average Bonchev–Trinajstić information content (AvgIpc) is 2.51. The monoisotopic (exact) mass is 324 g/mol. The van der Waals surface area contributed by atoms with Crippen LogP contribution >= 0.6 is 0 Å². The molecule has 0 aromatic heterocycles. The molecule has 3 aromatic carbocycles. The third kappa shape index (κ3) is 2.87. The second-order valence-electron chi connectivity index (χ2n) is 6.37. The normalized spacial score (nSPS) is 11.3. The summed E-state index contributed by atoms with van der Waals surface area (Å²) in [6.07, 6.45) is 0. The summed E-state index contributed by atoms with van der Waals surface area (Å²) in [7, 11) is 0. The zero-order chi connectivity index (χ0) is 17.4. The molecule has 0 amide bonds. The summed E-state index contributed by atoms with van der Waals surface area (Å²) < 4.78 is 5.32. The van der Waals surface area contributed by atoms with Crippen molar-refractivity contribution in [1.82, 2.24) is 0 Å². The lowest BCUT2D eigenvalue weighted by molar-refractivity contribution is -0.139. The minimum Gasteiger partial charge on any atom is -0.508 e. The third-order valence-electron chi connectivity index (χ3n) is 4.23. The van der Waals surface area contributed by atoms with E-state index in [4.69, 9.17) is 9.84 Å². The first-order valence-corrected chi connectivity index (χ1v) is 7.91. The molecule has 0 aliphatic rings. The molecule has 0 saturated carbocycles. The molecule has 4 nitrogen and oxygen atoms in total. The van der Waals surface area contributed by atoms with Crippen molar-refractivity contribution in [2.45, 2.75) is 26.7 Å². The van der Waals surface area contributed by atoms with Crippen LogP contribution in [0.5, 0.6) is 11.5 Å². The Hall–Kier alpha value is -2.75. The number of hydrogen-bond donors (Lipinski definition) is 2. The zero-order valence-corrected chi connectivity index (χ0v) is 14.0. The molecule has 3 rings (SSSR count). The Kier molecular flexibility index (Phi) is 4.06. The van der Waals surface area contributed by atoms with Crippen molar-refractivity contribution in [3.05, 3.63) is 47.5 Å². The van der Waals surface area contributed by atoms with Crippen LogP contribution < -0.4 is 4.74 Å². The highest BCUT2D eigenvalue weighted by atomic mass is 16.5. The van der Waals surface area contributed by atoms with Gasteiger partial charge in [-0.25, -0.2) is 4.79 Å². The maximum atomic E-state index is 10.7. The van der Waals surface area contributed by atoms with Gasteiger partial charge in [-0.2, -0.15) is 0 Å². The quantitative estimate of drug-likeness (QED) is 0.689. The van der Waals surface area contributed by atoms with Crippen LogP contribution in [-0.4, -0.2) is 22.8 Å². The minimum absolute atomic E-state index is 0.193. The fourth-order valence-electron chi connectivity index (χ4n) is 3.18. The Balaban J connectivity index is 2.24. The maximum absolute atomic E-state index is 10.7. The van der Waals surface area contributed by atoms with Gasteiger partial charge in [0.15, 0.2) is 6.61 Å². The summed E-state index contributed by atoms with van der Waals surface area (Å²) in [5.41, 5.74) is 1.94. The van der Waals surface area contributed by atoms with Crippen LogP contribution in [-0.2, 0) is 4.79 Å². The first-order valence-electron chi connectivity index (χ1n) is 7.91. The van der Waals surface area contributed by atoms with E-state index >= 15 is 0 Å². The van der Waals surface area contributed by atoms with Gasteiger partial charge in [-0.15, -0.1) is 0 Å². The van der Waals surface area contributed by atoms with Gasteiger partial charge in [0.2, 0.25) is 0 Å². The molecule has 4 heteroatoms. The Bertz CT molecular complexity index is 941. The fourth-order valence-corrected chi connectivity index (χ4v) is 3.18. The van der Waals surface area contributed by atoms with Gasteiger partial charge < -0.3 is 14.9 Å². The Labute approximate surface area is 140 Å². The van der Waals surface area contributed by atoms with Crippen LogP contribution in [0.4, 0.5) is 0 Å². The van der Waals surface area contributed by atoms with Gasteiger partial charge >= 0.3 is 5.97 Å². The van der Waals surface area contributed by atoms with E-state index in [1.54, 1.807) is 6.07 Å². The van der Waals surface area contributed by atoms with Crippen molar-refractivity contribution in [3.63, 3.8) is 0 Å². The van der Waals surface area contributed by atoms with E-state index < -0.39 is 5.97 Å². The zero-order valence-electron chi connectivity index (χ0n) is 14.0. The van der Waals surface area contributed by atoms with Gasteiger partial charge in [0.25, 0.3) is 0 Å². The van der Waals surface area contributed by atoms with Crippen molar-refractivity contribution in [2.24, 2.45) is 0 Å². The predicted octanol–water partition coefficient (Wildman–Crippen LogP) is 4.59. The van der Waals surface area contributed by atoms with Gasteiger partial charge in [0.05, 0.1) is 0 Å². The number of rotatable bonds is 4. The number of phenols is 1. The number of hydrogen-bond acceptors (Lipinski definition) is 3. The van der Waals surface area contributed by atoms with E-state index in [0.29, 0.717) is 11.5 Å². The van der Waals surface area contributed by atoms with E-state index in [2.05, 4.69) is 19.9 Å². The molecule has 0 fully saturated rings. The molecular weight excluding hydrogens is 304 g/mol. The van der Waals surface area contributed by atoms with Gasteiger partial charge in [-0.3, -0.25) is 0 Å². The summed E-state index contributed by atoms with van der Waals surface area (Å²) >= 11 is 0. The lowest BCUT2D eigenvalue weighted by atomic mass is 9.92. The van der Waals surface area contributed by atoms with Crippen molar-refractivity contribution in [1.29, 1.82) is 0 Å². The molecule has 0 spiro atoms.